The van der Waals surface area contributed by atoms with Gasteiger partial charge in [0.25, 0.3) is 0 Å². The van der Waals surface area contributed by atoms with E-state index >= 15 is 0 Å². The molecule has 6 heteroatoms. The minimum Gasteiger partial charge on any atom is -0.488 e. The minimum absolute atomic E-state index is 0.523. The van der Waals surface area contributed by atoms with Crippen LogP contribution in [-0.2, 0) is 11.3 Å². The summed E-state index contributed by atoms with van der Waals surface area (Å²) in [6.07, 6.45) is 1.87. The van der Waals surface area contributed by atoms with E-state index in [2.05, 4.69) is 53.9 Å². The summed E-state index contributed by atoms with van der Waals surface area (Å²) in [6, 6.07) is 22.4. The number of hydrogen-bond donors (Lipinski definition) is 0. The fourth-order valence-corrected chi connectivity index (χ4v) is 3.95. The topological polar surface area (TPSA) is 34.1 Å². The molecule has 0 atom stereocenters. The Hall–Kier alpha value is -2.15. The highest BCUT2D eigenvalue weighted by molar-refractivity contribution is 9.10. The van der Waals surface area contributed by atoms with Gasteiger partial charge in [-0.05, 0) is 81.7 Å². The molecule has 0 unspecified atom stereocenters. The fourth-order valence-electron chi connectivity index (χ4n) is 3.18. The molecule has 1 aliphatic heterocycles. The second-order valence-electron chi connectivity index (χ2n) is 6.98. The molecule has 4 nitrogen and oxygen atoms in total. The molecular weight excluding hydrogens is 508 g/mol. The van der Waals surface area contributed by atoms with Gasteiger partial charge in [-0.2, -0.15) is 0 Å². The minimum atomic E-state index is 0.523. The Kier molecular flexibility index (Phi) is 7.20. The predicted octanol–water partition coefficient (Wildman–Crippen LogP) is 6.38. The molecule has 1 heterocycles. The third-order valence-electron chi connectivity index (χ3n) is 4.85. The molecule has 0 aliphatic carbocycles. The van der Waals surface area contributed by atoms with Gasteiger partial charge in [0, 0.05) is 29.5 Å². The van der Waals surface area contributed by atoms with Crippen molar-refractivity contribution in [2.75, 3.05) is 31.2 Å². The van der Waals surface area contributed by atoms with Gasteiger partial charge in [0.15, 0.2) is 0 Å². The molecule has 0 aromatic heterocycles. The zero-order valence-electron chi connectivity index (χ0n) is 16.4. The summed E-state index contributed by atoms with van der Waals surface area (Å²) in [6.45, 7) is 3.98. The fraction of sp³-hybridized carbons (Fsp3) is 0.208. The Bertz CT molecular complexity index is 999. The van der Waals surface area contributed by atoms with E-state index in [9.17, 15) is 0 Å². The molecule has 4 rings (SSSR count). The van der Waals surface area contributed by atoms with Crippen molar-refractivity contribution in [3.63, 3.8) is 0 Å². The monoisotopic (exact) mass is 528 g/mol. The van der Waals surface area contributed by atoms with Crippen molar-refractivity contribution in [2.24, 2.45) is 4.99 Å². The highest BCUT2D eigenvalue weighted by Gasteiger charge is 2.10. The molecule has 3 aromatic carbocycles. The maximum atomic E-state index is 5.93. The van der Waals surface area contributed by atoms with Gasteiger partial charge in [0.1, 0.15) is 12.4 Å². The van der Waals surface area contributed by atoms with Crippen LogP contribution in [-0.4, -0.2) is 32.5 Å². The van der Waals surface area contributed by atoms with E-state index in [1.807, 2.05) is 60.8 Å². The Labute approximate surface area is 193 Å². The van der Waals surface area contributed by atoms with Crippen LogP contribution in [0.1, 0.15) is 11.1 Å². The summed E-state index contributed by atoms with van der Waals surface area (Å²) in [5, 5.41) is 0. The molecule has 0 bridgehead atoms. The lowest BCUT2D eigenvalue weighted by Gasteiger charge is -2.28. The number of rotatable bonds is 6. The highest BCUT2D eigenvalue weighted by atomic mass is 79.9. The molecule has 1 saturated heterocycles. The molecule has 1 fully saturated rings. The Morgan fingerprint density at radius 3 is 2.37 bits per heavy atom. The van der Waals surface area contributed by atoms with Crippen LogP contribution in [0.3, 0.4) is 0 Å². The van der Waals surface area contributed by atoms with Crippen LogP contribution in [0.25, 0.3) is 0 Å². The van der Waals surface area contributed by atoms with Crippen molar-refractivity contribution in [1.82, 2.24) is 0 Å². The van der Waals surface area contributed by atoms with Gasteiger partial charge in [-0.25, -0.2) is 0 Å². The maximum Gasteiger partial charge on any atom is 0.134 e. The zero-order chi connectivity index (χ0) is 20.8. The largest absolute Gasteiger partial charge is 0.488 e. The average molecular weight is 530 g/mol. The molecule has 154 valence electrons. The third-order valence-corrected chi connectivity index (χ3v) is 6.00. The van der Waals surface area contributed by atoms with Gasteiger partial charge in [0.05, 0.1) is 23.4 Å². The first-order chi connectivity index (χ1) is 14.7. The maximum absolute atomic E-state index is 5.93. The molecular formula is C24H22Br2N2O2. The molecule has 0 amide bonds. The van der Waals surface area contributed by atoms with Crippen molar-refractivity contribution in [1.29, 1.82) is 0 Å². The van der Waals surface area contributed by atoms with Gasteiger partial charge < -0.3 is 14.4 Å². The molecule has 1 aliphatic rings. The van der Waals surface area contributed by atoms with E-state index in [0.717, 1.165) is 57.8 Å². The summed E-state index contributed by atoms with van der Waals surface area (Å²) in [5.74, 6) is 0.810. The molecule has 0 N–H and O–H groups in total. The van der Waals surface area contributed by atoms with Crippen molar-refractivity contribution < 1.29 is 9.47 Å². The van der Waals surface area contributed by atoms with E-state index in [0.29, 0.717) is 6.61 Å². The summed E-state index contributed by atoms with van der Waals surface area (Å²) in [7, 11) is 0. The van der Waals surface area contributed by atoms with Crippen LogP contribution in [0, 0.1) is 0 Å². The summed E-state index contributed by atoms with van der Waals surface area (Å²) in [5.41, 5.74) is 4.28. The SMILES string of the molecule is Brc1ccc(COc2ccc(C=Nc3ccc(N4CCOCC4)cc3)cc2Br)cc1. The van der Waals surface area contributed by atoms with E-state index in [1.54, 1.807) is 0 Å². The van der Waals surface area contributed by atoms with Crippen LogP contribution in [0.2, 0.25) is 0 Å². The third kappa shape index (κ3) is 5.72. The Balaban J connectivity index is 1.36. The molecule has 0 radical (unpaired) electrons. The quantitative estimate of drug-likeness (QED) is 0.347. The van der Waals surface area contributed by atoms with Crippen LogP contribution < -0.4 is 9.64 Å². The molecule has 0 saturated carbocycles. The van der Waals surface area contributed by atoms with Gasteiger partial charge in [-0.3, -0.25) is 4.99 Å². The smallest absolute Gasteiger partial charge is 0.134 e. The number of anilines is 1. The first-order valence-corrected chi connectivity index (χ1v) is 11.4. The first-order valence-electron chi connectivity index (χ1n) is 9.81. The molecule has 0 spiro atoms. The van der Waals surface area contributed by atoms with Crippen LogP contribution in [0.5, 0.6) is 5.75 Å². The van der Waals surface area contributed by atoms with Crippen molar-refractivity contribution in [3.8, 4) is 5.75 Å². The van der Waals surface area contributed by atoms with Gasteiger partial charge >= 0.3 is 0 Å². The number of aliphatic imine (C=N–C) groups is 1. The second kappa shape index (κ2) is 10.2. The number of nitrogens with zero attached hydrogens (tertiary/aromatic N) is 2. The average Bonchev–Trinajstić information content (AvgIpc) is 2.79. The van der Waals surface area contributed by atoms with Crippen LogP contribution in [0.15, 0.2) is 80.7 Å². The predicted molar refractivity (Wildman–Crippen MR) is 129 cm³/mol. The van der Waals surface area contributed by atoms with Crippen molar-refractivity contribution in [2.45, 2.75) is 6.61 Å². The van der Waals surface area contributed by atoms with Crippen LogP contribution >= 0.6 is 31.9 Å². The normalized spacial score (nSPS) is 14.3. The highest BCUT2D eigenvalue weighted by Crippen LogP contribution is 2.27. The number of hydrogen-bond acceptors (Lipinski definition) is 4. The van der Waals surface area contributed by atoms with Crippen LogP contribution in [0.4, 0.5) is 11.4 Å². The Morgan fingerprint density at radius 1 is 0.933 bits per heavy atom. The van der Waals surface area contributed by atoms with Gasteiger partial charge in [-0.1, -0.05) is 28.1 Å². The van der Waals surface area contributed by atoms with E-state index in [-0.39, 0.29) is 0 Å². The lowest BCUT2D eigenvalue weighted by Crippen LogP contribution is -2.36. The van der Waals surface area contributed by atoms with Crippen molar-refractivity contribution in [3.05, 3.63) is 86.8 Å². The molecule has 3 aromatic rings. The molecule has 30 heavy (non-hydrogen) atoms. The standard InChI is InChI=1S/C24H22Br2N2O2/c25-20-4-1-18(2-5-20)17-30-24-10-3-19(15-23(24)26)16-27-21-6-8-22(9-7-21)28-11-13-29-14-12-28/h1-10,15-16H,11-14,17H2. The number of halogens is 2. The van der Waals surface area contributed by atoms with E-state index < -0.39 is 0 Å². The number of benzene rings is 3. The van der Waals surface area contributed by atoms with E-state index in [4.69, 9.17) is 9.47 Å². The summed E-state index contributed by atoms with van der Waals surface area (Å²) in [4.78, 5) is 6.94. The van der Waals surface area contributed by atoms with Crippen molar-refractivity contribution >= 4 is 49.4 Å². The number of morpholine rings is 1. The summed E-state index contributed by atoms with van der Waals surface area (Å²) < 4.78 is 13.3. The summed E-state index contributed by atoms with van der Waals surface area (Å²) >= 11 is 7.05. The lowest BCUT2D eigenvalue weighted by atomic mass is 10.2. The van der Waals surface area contributed by atoms with E-state index in [1.165, 1.54) is 5.69 Å². The van der Waals surface area contributed by atoms with Gasteiger partial charge in [0.2, 0.25) is 0 Å². The number of ether oxygens (including phenoxy) is 2. The first kappa shape index (κ1) is 21.1. The van der Waals surface area contributed by atoms with Gasteiger partial charge in [-0.15, -0.1) is 0 Å². The second-order valence-corrected chi connectivity index (χ2v) is 8.75. The Morgan fingerprint density at radius 2 is 1.67 bits per heavy atom. The zero-order valence-corrected chi connectivity index (χ0v) is 19.6. The lowest BCUT2D eigenvalue weighted by molar-refractivity contribution is 0.122.